The van der Waals surface area contributed by atoms with E-state index in [9.17, 15) is 9.90 Å². The molecule has 0 aliphatic rings. The molecule has 1 N–H and O–H groups in total. The third-order valence-electron chi connectivity index (χ3n) is 2.88. The topological polar surface area (TPSA) is 40.5 Å². The summed E-state index contributed by atoms with van der Waals surface area (Å²) in [5.74, 6) is -0.0760. The molecule has 1 aromatic rings. The summed E-state index contributed by atoms with van der Waals surface area (Å²) in [6.45, 7) is 4.12. The number of aromatic hydroxyl groups is 1. The van der Waals surface area contributed by atoms with E-state index in [0.29, 0.717) is 5.56 Å². The molecule has 1 atom stereocenters. The molecule has 0 heterocycles. The lowest BCUT2D eigenvalue weighted by molar-refractivity contribution is 0.0733. The monoisotopic (exact) mass is 347 g/mol. The Hall–Kier alpha value is -0.780. The van der Waals surface area contributed by atoms with E-state index in [2.05, 4.69) is 29.5 Å². The van der Waals surface area contributed by atoms with E-state index in [4.69, 9.17) is 0 Å². The normalized spacial score (nSPS) is 12.2. The van der Waals surface area contributed by atoms with Gasteiger partial charge in [-0.25, -0.2) is 0 Å². The molecule has 1 rings (SSSR count). The molecule has 1 amide bonds. The van der Waals surface area contributed by atoms with Gasteiger partial charge in [-0.3, -0.25) is 4.79 Å². The highest BCUT2D eigenvalue weighted by Gasteiger charge is 2.19. The van der Waals surface area contributed by atoms with E-state index in [1.54, 1.807) is 30.1 Å². The molecule has 1 unspecified atom stereocenters. The lowest BCUT2D eigenvalue weighted by Gasteiger charge is -2.25. The molecule has 0 spiro atoms. The summed E-state index contributed by atoms with van der Waals surface area (Å²) < 4.78 is 0.945. The molecule has 17 heavy (non-hydrogen) atoms. The minimum atomic E-state index is -0.123. The fourth-order valence-corrected chi connectivity index (χ4v) is 2.17. The molecule has 4 heteroatoms. The van der Waals surface area contributed by atoms with Gasteiger partial charge >= 0.3 is 0 Å². The Morgan fingerprint density at radius 2 is 2.18 bits per heavy atom. The molecule has 1 aromatic carbocycles. The van der Waals surface area contributed by atoms with E-state index < -0.39 is 0 Å². The van der Waals surface area contributed by atoms with Gasteiger partial charge in [-0.15, -0.1) is 0 Å². The number of hydrogen-bond acceptors (Lipinski definition) is 2. The first kappa shape index (κ1) is 14.3. The highest BCUT2D eigenvalue weighted by molar-refractivity contribution is 14.1. The number of rotatable bonds is 4. The summed E-state index contributed by atoms with van der Waals surface area (Å²) in [5, 5.41) is 9.72. The van der Waals surface area contributed by atoms with E-state index in [-0.39, 0.29) is 17.7 Å². The predicted molar refractivity (Wildman–Crippen MR) is 77.3 cm³/mol. The SMILES string of the molecule is CCCC(C)N(C)C(=O)c1cc(I)ccc1O. The van der Waals surface area contributed by atoms with E-state index in [1.807, 2.05) is 6.92 Å². The second kappa shape index (κ2) is 6.23. The fraction of sp³-hybridized carbons (Fsp3) is 0.462. The molecule has 0 aliphatic carbocycles. The van der Waals surface area contributed by atoms with Gasteiger partial charge in [0.25, 0.3) is 5.91 Å². The number of carbonyl (C=O) groups excluding carboxylic acids is 1. The van der Waals surface area contributed by atoms with Crippen LogP contribution in [0.5, 0.6) is 5.75 Å². The third-order valence-corrected chi connectivity index (χ3v) is 3.55. The van der Waals surface area contributed by atoms with Crippen molar-refractivity contribution < 1.29 is 9.90 Å². The minimum absolute atomic E-state index is 0.0472. The maximum Gasteiger partial charge on any atom is 0.257 e. The van der Waals surface area contributed by atoms with Crippen LogP contribution in [0.4, 0.5) is 0 Å². The number of amides is 1. The van der Waals surface area contributed by atoms with Crippen LogP contribution >= 0.6 is 22.6 Å². The van der Waals surface area contributed by atoms with Gasteiger partial charge in [0.15, 0.2) is 0 Å². The fourth-order valence-electron chi connectivity index (χ4n) is 1.68. The Balaban J connectivity index is 2.92. The Morgan fingerprint density at radius 3 is 2.76 bits per heavy atom. The van der Waals surface area contributed by atoms with Crippen LogP contribution in [0.25, 0.3) is 0 Å². The summed E-state index contributed by atoms with van der Waals surface area (Å²) in [5.41, 5.74) is 0.377. The number of phenolic OH excluding ortho intramolecular Hbond substituents is 1. The number of hydrogen-bond donors (Lipinski definition) is 1. The van der Waals surface area contributed by atoms with Crippen LogP contribution in [0.2, 0.25) is 0 Å². The molecule has 0 aromatic heterocycles. The van der Waals surface area contributed by atoms with Gasteiger partial charge in [-0.1, -0.05) is 13.3 Å². The van der Waals surface area contributed by atoms with Gasteiger partial charge in [0.2, 0.25) is 0 Å². The molecular weight excluding hydrogens is 329 g/mol. The zero-order valence-electron chi connectivity index (χ0n) is 10.4. The van der Waals surface area contributed by atoms with Gasteiger partial charge in [0.1, 0.15) is 5.75 Å². The van der Waals surface area contributed by atoms with Crippen LogP contribution in [-0.2, 0) is 0 Å². The van der Waals surface area contributed by atoms with Crippen LogP contribution < -0.4 is 0 Å². The van der Waals surface area contributed by atoms with Crippen molar-refractivity contribution in [3.63, 3.8) is 0 Å². The number of phenols is 1. The molecule has 0 fully saturated rings. The van der Waals surface area contributed by atoms with Gasteiger partial charge in [0.05, 0.1) is 5.56 Å². The van der Waals surface area contributed by atoms with Crippen LogP contribution in [-0.4, -0.2) is 29.0 Å². The molecule has 3 nitrogen and oxygen atoms in total. The van der Waals surface area contributed by atoms with Gasteiger partial charge in [-0.2, -0.15) is 0 Å². The van der Waals surface area contributed by atoms with Crippen molar-refractivity contribution in [1.29, 1.82) is 0 Å². The van der Waals surface area contributed by atoms with Gasteiger partial charge in [0, 0.05) is 16.7 Å². The molecular formula is C13H18INO2. The summed E-state index contributed by atoms with van der Waals surface area (Å²) >= 11 is 2.13. The van der Waals surface area contributed by atoms with Crippen molar-refractivity contribution >= 4 is 28.5 Å². The quantitative estimate of drug-likeness (QED) is 0.850. The number of carbonyl (C=O) groups is 1. The van der Waals surface area contributed by atoms with E-state index in [1.165, 1.54) is 0 Å². The van der Waals surface area contributed by atoms with Crippen molar-refractivity contribution in [2.45, 2.75) is 32.7 Å². The first-order valence-electron chi connectivity index (χ1n) is 5.73. The minimum Gasteiger partial charge on any atom is -0.507 e. The second-order valence-electron chi connectivity index (χ2n) is 4.22. The lowest BCUT2D eigenvalue weighted by atomic mass is 10.1. The van der Waals surface area contributed by atoms with Crippen LogP contribution in [0.1, 0.15) is 37.0 Å². The summed E-state index contributed by atoms with van der Waals surface area (Å²) in [4.78, 5) is 13.9. The van der Waals surface area contributed by atoms with Crippen molar-refractivity contribution in [3.05, 3.63) is 27.3 Å². The maximum atomic E-state index is 12.2. The zero-order valence-corrected chi connectivity index (χ0v) is 12.6. The predicted octanol–water partition coefficient (Wildman–Crippen LogP) is 3.26. The zero-order chi connectivity index (χ0) is 13.0. The Bertz CT molecular complexity index is 406. The van der Waals surface area contributed by atoms with Gasteiger partial charge < -0.3 is 10.0 Å². The molecule has 0 radical (unpaired) electrons. The second-order valence-corrected chi connectivity index (χ2v) is 5.46. The maximum absolute atomic E-state index is 12.2. The molecule has 0 aliphatic heterocycles. The molecule has 0 bridgehead atoms. The van der Waals surface area contributed by atoms with Crippen molar-refractivity contribution in [2.75, 3.05) is 7.05 Å². The van der Waals surface area contributed by atoms with E-state index in [0.717, 1.165) is 16.4 Å². The Labute approximate surface area is 116 Å². The molecule has 94 valence electrons. The Kier molecular flexibility index (Phi) is 5.24. The molecule has 0 saturated heterocycles. The summed E-state index contributed by atoms with van der Waals surface area (Å²) in [6.07, 6.45) is 2.00. The van der Waals surface area contributed by atoms with Crippen LogP contribution in [0, 0.1) is 3.57 Å². The average molecular weight is 347 g/mol. The lowest BCUT2D eigenvalue weighted by Crippen LogP contribution is -2.35. The number of benzene rings is 1. The van der Waals surface area contributed by atoms with Crippen molar-refractivity contribution in [3.8, 4) is 5.75 Å². The van der Waals surface area contributed by atoms with E-state index >= 15 is 0 Å². The van der Waals surface area contributed by atoms with Crippen molar-refractivity contribution in [1.82, 2.24) is 4.90 Å². The molecule has 0 saturated carbocycles. The highest BCUT2D eigenvalue weighted by Crippen LogP contribution is 2.22. The Morgan fingerprint density at radius 1 is 1.53 bits per heavy atom. The summed E-state index contributed by atoms with van der Waals surface area (Å²) in [7, 11) is 1.78. The standard InChI is InChI=1S/C13H18INO2/c1-4-5-9(2)15(3)13(17)11-8-10(14)6-7-12(11)16/h6-9,16H,4-5H2,1-3H3. The highest BCUT2D eigenvalue weighted by atomic mass is 127. The van der Waals surface area contributed by atoms with Crippen LogP contribution in [0.15, 0.2) is 18.2 Å². The third kappa shape index (κ3) is 3.59. The number of nitrogens with zero attached hydrogens (tertiary/aromatic N) is 1. The average Bonchev–Trinajstić information content (AvgIpc) is 2.30. The van der Waals surface area contributed by atoms with Crippen molar-refractivity contribution in [2.24, 2.45) is 0 Å². The van der Waals surface area contributed by atoms with Gasteiger partial charge in [-0.05, 0) is 54.1 Å². The number of halogens is 1. The first-order chi connectivity index (χ1) is 7.97. The van der Waals surface area contributed by atoms with Crippen LogP contribution in [0.3, 0.4) is 0 Å². The largest absolute Gasteiger partial charge is 0.507 e. The first-order valence-corrected chi connectivity index (χ1v) is 6.81. The smallest absolute Gasteiger partial charge is 0.257 e. The summed E-state index contributed by atoms with van der Waals surface area (Å²) in [6, 6.07) is 5.24.